The molecule has 2 rings (SSSR count). The number of nitrogens with one attached hydrogen (secondary N) is 1. The monoisotopic (exact) mass is 285 g/mol. The van der Waals surface area contributed by atoms with Crippen molar-refractivity contribution in [1.82, 2.24) is 5.43 Å². The number of phenols is 1. The van der Waals surface area contributed by atoms with E-state index < -0.39 is 10.8 Å². The summed E-state index contributed by atoms with van der Waals surface area (Å²) in [5.74, 6) is -0.431. The molecule has 106 valence electrons. The van der Waals surface area contributed by atoms with Crippen molar-refractivity contribution < 1.29 is 14.8 Å². The van der Waals surface area contributed by atoms with Crippen molar-refractivity contribution in [1.29, 1.82) is 0 Å². The average molecular weight is 285 g/mol. The van der Waals surface area contributed by atoms with Crippen LogP contribution in [0.25, 0.3) is 0 Å². The Kier molecular flexibility index (Phi) is 4.25. The molecule has 1 amide bonds. The summed E-state index contributed by atoms with van der Waals surface area (Å²) in [6.45, 7) is 0. The maximum Gasteiger partial charge on any atom is 0.278 e. The molecule has 0 bridgehead atoms. The highest BCUT2D eigenvalue weighted by molar-refractivity contribution is 5.95. The van der Waals surface area contributed by atoms with Gasteiger partial charge in [0.05, 0.1) is 16.7 Å². The summed E-state index contributed by atoms with van der Waals surface area (Å²) in [6, 6.07) is 11.7. The van der Waals surface area contributed by atoms with Gasteiger partial charge in [-0.3, -0.25) is 14.9 Å². The van der Waals surface area contributed by atoms with Crippen molar-refractivity contribution in [3.8, 4) is 5.75 Å². The van der Waals surface area contributed by atoms with Gasteiger partial charge < -0.3 is 5.11 Å². The third-order valence-corrected chi connectivity index (χ3v) is 2.63. The Morgan fingerprint density at radius 1 is 1.19 bits per heavy atom. The SMILES string of the molecule is O=C(N/N=C/c1ccccc1[N+](=O)[O-])c1ccc(O)cc1. The summed E-state index contributed by atoms with van der Waals surface area (Å²) in [5, 5.41) is 23.6. The van der Waals surface area contributed by atoms with Crippen LogP contribution >= 0.6 is 0 Å². The molecule has 2 aromatic rings. The van der Waals surface area contributed by atoms with E-state index in [1.807, 2.05) is 0 Å². The summed E-state index contributed by atoms with van der Waals surface area (Å²) in [4.78, 5) is 22.0. The molecule has 0 aromatic heterocycles. The van der Waals surface area contributed by atoms with E-state index in [1.165, 1.54) is 42.6 Å². The number of phenolic OH excluding ortho intramolecular Hbond substituents is 1. The number of amides is 1. The molecule has 0 aliphatic carbocycles. The van der Waals surface area contributed by atoms with E-state index >= 15 is 0 Å². The Morgan fingerprint density at radius 3 is 2.52 bits per heavy atom. The lowest BCUT2D eigenvalue weighted by atomic mass is 10.2. The van der Waals surface area contributed by atoms with E-state index in [0.29, 0.717) is 5.56 Å². The maximum absolute atomic E-state index is 11.7. The highest BCUT2D eigenvalue weighted by Crippen LogP contribution is 2.15. The summed E-state index contributed by atoms with van der Waals surface area (Å²) < 4.78 is 0. The molecule has 0 saturated carbocycles. The predicted molar refractivity (Wildman–Crippen MR) is 76.3 cm³/mol. The van der Waals surface area contributed by atoms with E-state index in [2.05, 4.69) is 10.5 Å². The number of nitrogens with zero attached hydrogens (tertiary/aromatic N) is 2. The predicted octanol–water partition coefficient (Wildman–Crippen LogP) is 2.06. The Hall–Kier alpha value is -3.22. The fourth-order valence-electron chi connectivity index (χ4n) is 1.60. The number of carbonyl (C=O) groups is 1. The molecule has 0 aliphatic heterocycles. The van der Waals surface area contributed by atoms with Crippen LogP contribution in [0, 0.1) is 10.1 Å². The molecule has 7 heteroatoms. The van der Waals surface area contributed by atoms with Crippen molar-refractivity contribution in [2.24, 2.45) is 5.10 Å². The Bertz CT molecular complexity index is 696. The molecule has 0 atom stereocenters. The van der Waals surface area contributed by atoms with Crippen LogP contribution in [-0.2, 0) is 0 Å². The minimum Gasteiger partial charge on any atom is -0.508 e. The topological polar surface area (TPSA) is 105 Å². The lowest BCUT2D eigenvalue weighted by Gasteiger charge is -2.00. The van der Waals surface area contributed by atoms with Crippen molar-refractivity contribution in [2.45, 2.75) is 0 Å². The minimum atomic E-state index is -0.525. The van der Waals surface area contributed by atoms with Crippen molar-refractivity contribution in [3.05, 3.63) is 69.8 Å². The van der Waals surface area contributed by atoms with Crippen LogP contribution in [0.4, 0.5) is 5.69 Å². The quantitative estimate of drug-likeness (QED) is 0.509. The van der Waals surface area contributed by atoms with Gasteiger partial charge in [0.1, 0.15) is 5.75 Å². The standard InChI is InChI=1S/C14H11N3O4/c18-12-7-5-10(6-8-12)14(19)16-15-9-11-3-1-2-4-13(11)17(20)21/h1-9,18H,(H,16,19)/b15-9+. The second-order valence-electron chi connectivity index (χ2n) is 4.06. The van der Waals surface area contributed by atoms with Crippen LogP contribution in [0.5, 0.6) is 5.75 Å². The van der Waals surface area contributed by atoms with Crippen molar-refractivity contribution >= 4 is 17.8 Å². The fourth-order valence-corrected chi connectivity index (χ4v) is 1.60. The zero-order valence-corrected chi connectivity index (χ0v) is 10.8. The van der Waals surface area contributed by atoms with Gasteiger partial charge in [0.25, 0.3) is 11.6 Å². The van der Waals surface area contributed by atoms with Gasteiger partial charge in [-0.1, -0.05) is 12.1 Å². The first-order valence-corrected chi connectivity index (χ1v) is 5.94. The number of carbonyl (C=O) groups excluding carboxylic acids is 1. The number of hydrazone groups is 1. The summed E-state index contributed by atoms with van der Waals surface area (Å²) >= 11 is 0. The van der Waals surface area contributed by atoms with Crippen LogP contribution in [0.15, 0.2) is 53.6 Å². The first kappa shape index (κ1) is 14.2. The van der Waals surface area contributed by atoms with Gasteiger partial charge in [-0.2, -0.15) is 5.10 Å². The molecule has 0 heterocycles. The summed E-state index contributed by atoms with van der Waals surface area (Å²) in [5.41, 5.74) is 2.76. The number of hydrogen-bond acceptors (Lipinski definition) is 5. The lowest BCUT2D eigenvalue weighted by Crippen LogP contribution is -2.17. The maximum atomic E-state index is 11.7. The van der Waals surface area contributed by atoms with Crippen molar-refractivity contribution in [3.63, 3.8) is 0 Å². The Balaban J connectivity index is 2.07. The number of hydrogen-bond donors (Lipinski definition) is 2. The van der Waals surface area contributed by atoms with Crippen LogP contribution in [-0.4, -0.2) is 22.2 Å². The minimum absolute atomic E-state index is 0.0509. The number of nitro groups is 1. The Morgan fingerprint density at radius 2 is 1.86 bits per heavy atom. The van der Waals surface area contributed by atoms with Gasteiger partial charge in [0.15, 0.2) is 0 Å². The molecule has 0 unspecified atom stereocenters. The van der Waals surface area contributed by atoms with Gasteiger partial charge >= 0.3 is 0 Å². The number of para-hydroxylation sites is 1. The molecule has 0 aliphatic rings. The number of benzene rings is 2. The number of nitro benzene ring substituents is 1. The molecule has 2 N–H and O–H groups in total. The van der Waals surface area contributed by atoms with E-state index in [-0.39, 0.29) is 17.0 Å². The lowest BCUT2D eigenvalue weighted by molar-refractivity contribution is -0.385. The number of rotatable bonds is 4. The van der Waals surface area contributed by atoms with Gasteiger partial charge in [-0.25, -0.2) is 5.43 Å². The smallest absolute Gasteiger partial charge is 0.278 e. The second kappa shape index (κ2) is 6.29. The molecular weight excluding hydrogens is 274 g/mol. The summed E-state index contributed by atoms with van der Waals surface area (Å²) in [6.07, 6.45) is 1.20. The molecule has 0 saturated heterocycles. The molecule has 0 fully saturated rings. The van der Waals surface area contributed by atoms with E-state index in [1.54, 1.807) is 12.1 Å². The third-order valence-electron chi connectivity index (χ3n) is 2.63. The number of aromatic hydroxyl groups is 1. The van der Waals surface area contributed by atoms with Gasteiger partial charge in [-0.05, 0) is 30.3 Å². The van der Waals surface area contributed by atoms with Gasteiger partial charge in [-0.15, -0.1) is 0 Å². The zero-order valence-electron chi connectivity index (χ0n) is 10.8. The highest BCUT2D eigenvalue weighted by Gasteiger charge is 2.10. The van der Waals surface area contributed by atoms with Crippen molar-refractivity contribution in [2.75, 3.05) is 0 Å². The molecule has 2 aromatic carbocycles. The van der Waals surface area contributed by atoms with Gasteiger partial charge in [0.2, 0.25) is 0 Å². The molecule has 0 spiro atoms. The normalized spacial score (nSPS) is 10.5. The van der Waals surface area contributed by atoms with E-state index in [0.717, 1.165) is 0 Å². The van der Waals surface area contributed by atoms with Crippen LogP contribution in [0.3, 0.4) is 0 Å². The molecule has 0 radical (unpaired) electrons. The van der Waals surface area contributed by atoms with E-state index in [9.17, 15) is 14.9 Å². The highest BCUT2D eigenvalue weighted by atomic mass is 16.6. The largest absolute Gasteiger partial charge is 0.508 e. The first-order chi connectivity index (χ1) is 10.1. The van der Waals surface area contributed by atoms with Crippen LogP contribution in [0.1, 0.15) is 15.9 Å². The van der Waals surface area contributed by atoms with Crippen LogP contribution < -0.4 is 5.43 Å². The first-order valence-electron chi connectivity index (χ1n) is 5.94. The molecular formula is C14H11N3O4. The third kappa shape index (κ3) is 3.63. The molecule has 7 nitrogen and oxygen atoms in total. The fraction of sp³-hybridized carbons (Fsp3) is 0. The average Bonchev–Trinajstić information content (AvgIpc) is 2.48. The second-order valence-corrected chi connectivity index (χ2v) is 4.06. The molecule has 21 heavy (non-hydrogen) atoms. The summed E-state index contributed by atoms with van der Waals surface area (Å²) in [7, 11) is 0. The Labute approximate surface area is 119 Å². The zero-order chi connectivity index (χ0) is 15.2. The van der Waals surface area contributed by atoms with Gasteiger partial charge in [0, 0.05) is 11.6 Å². The van der Waals surface area contributed by atoms with E-state index in [4.69, 9.17) is 5.11 Å². The van der Waals surface area contributed by atoms with Crippen LogP contribution in [0.2, 0.25) is 0 Å².